The van der Waals surface area contributed by atoms with E-state index in [1.54, 1.807) is 0 Å². The molecule has 1 atom stereocenters. The van der Waals surface area contributed by atoms with Crippen molar-refractivity contribution in [2.75, 3.05) is 13.2 Å². The lowest BCUT2D eigenvalue weighted by Crippen LogP contribution is -2.31. The maximum atomic E-state index is 13.7. The maximum Gasteiger partial charge on any atom is 0.344 e. The molecular weight excluding hydrogens is 388 g/mol. The van der Waals surface area contributed by atoms with Gasteiger partial charge in [0.2, 0.25) is 5.43 Å². The van der Waals surface area contributed by atoms with E-state index in [0.717, 1.165) is 49.6 Å². The normalized spacial score (nSPS) is 15.4. The van der Waals surface area contributed by atoms with E-state index in [1.165, 1.54) is 11.0 Å². The predicted octanol–water partition coefficient (Wildman–Crippen LogP) is 4.39. The second-order valence-corrected chi connectivity index (χ2v) is 7.99. The van der Waals surface area contributed by atoms with Crippen LogP contribution in [0.15, 0.2) is 22.0 Å². The fraction of sp³-hybridized carbons (Fsp3) is 0.500. The number of carbonyl (C=O) groups is 1. The number of thioether (sulfide) groups is 1. The highest BCUT2D eigenvalue weighted by Gasteiger charge is 2.35. The first-order valence-electron chi connectivity index (χ1n) is 9.51. The molecule has 1 aromatic heterocycles. The molecule has 0 saturated heterocycles. The lowest BCUT2D eigenvalue weighted by atomic mass is 10.1. The van der Waals surface area contributed by atoms with Crippen LogP contribution < -0.4 is 5.43 Å². The summed E-state index contributed by atoms with van der Waals surface area (Å²) < 4.78 is 34.1. The lowest BCUT2D eigenvalue weighted by Gasteiger charge is -2.34. The number of rotatable bonds is 9. The Kier molecular flexibility index (Phi) is 6.72. The second-order valence-electron chi connectivity index (χ2n) is 6.82. The van der Waals surface area contributed by atoms with Gasteiger partial charge in [-0.3, -0.25) is 4.79 Å². The van der Waals surface area contributed by atoms with E-state index in [2.05, 4.69) is 6.92 Å². The number of nitrogens with zero attached hydrogens (tertiary/aromatic N) is 1. The van der Waals surface area contributed by atoms with Gasteiger partial charge in [0.15, 0.2) is 11.6 Å². The molecule has 0 amide bonds. The van der Waals surface area contributed by atoms with Gasteiger partial charge in [0.25, 0.3) is 0 Å². The molecule has 0 aliphatic carbocycles. The SMILES string of the molecule is CCCCCCCCOC(=O)c1c2n(c3cc(F)c(F)cc3c1=O)C(CO)S2. The van der Waals surface area contributed by atoms with Crippen molar-refractivity contribution >= 4 is 28.6 Å². The molecule has 0 saturated carbocycles. The van der Waals surface area contributed by atoms with Crippen molar-refractivity contribution in [2.24, 2.45) is 0 Å². The van der Waals surface area contributed by atoms with E-state index in [-0.39, 0.29) is 29.7 Å². The molecule has 0 bridgehead atoms. The molecule has 152 valence electrons. The molecule has 8 heteroatoms. The van der Waals surface area contributed by atoms with Gasteiger partial charge in [-0.2, -0.15) is 0 Å². The molecule has 1 aliphatic heterocycles. The van der Waals surface area contributed by atoms with Crippen LogP contribution in [-0.2, 0) is 4.74 Å². The van der Waals surface area contributed by atoms with Crippen LogP contribution in [0, 0.1) is 11.6 Å². The maximum absolute atomic E-state index is 13.7. The largest absolute Gasteiger partial charge is 0.462 e. The van der Waals surface area contributed by atoms with Gasteiger partial charge in [-0.1, -0.05) is 50.8 Å². The van der Waals surface area contributed by atoms with Gasteiger partial charge in [0.1, 0.15) is 10.9 Å². The average Bonchev–Trinajstić information content (AvgIpc) is 2.65. The number of aliphatic hydroxyl groups is 1. The van der Waals surface area contributed by atoms with Crippen molar-refractivity contribution in [2.45, 2.75) is 55.8 Å². The molecule has 1 unspecified atom stereocenters. The van der Waals surface area contributed by atoms with Crippen LogP contribution in [0.25, 0.3) is 10.9 Å². The predicted molar refractivity (Wildman–Crippen MR) is 104 cm³/mol. The minimum atomic E-state index is -1.16. The van der Waals surface area contributed by atoms with Crippen molar-refractivity contribution in [1.82, 2.24) is 4.57 Å². The number of aliphatic hydroxyl groups excluding tert-OH is 1. The van der Waals surface area contributed by atoms with Crippen LogP contribution in [0.1, 0.15) is 61.2 Å². The van der Waals surface area contributed by atoms with Gasteiger partial charge in [-0.05, 0) is 12.5 Å². The Labute approximate surface area is 165 Å². The number of aromatic nitrogens is 1. The van der Waals surface area contributed by atoms with Gasteiger partial charge in [0, 0.05) is 11.5 Å². The number of ether oxygens (including phenoxy) is 1. The summed E-state index contributed by atoms with van der Waals surface area (Å²) in [4.78, 5) is 25.3. The fourth-order valence-corrected chi connectivity index (χ4v) is 4.46. The lowest BCUT2D eigenvalue weighted by molar-refractivity contribution is 0.0489. The van der Waals surface area contributed by atoms with Gasteiger partial charge in [-0.15, -0.1) is 0 Å². The number of unbranched alkanes of at least 4 members (excludes halogenated alkanes) is 5. The van der Waals surface area contributed by atoms with E-state index >= 15 is 0 Å². The van der Waals surface area contributed by atoms with Gasteiger partial charge in [0.05, 0.1) is 23.8 Å². The van der Waals surface area contributed by atoms with E-state index < -0.39 is 28.4 Å². The van der Waals surface area contributed by atoms with E-state index in [0.29, 0.717) is 11.4 Å². The first kappa shape index (κ1) is 20.8. The van der Waals surface area contributed by atoms with Gasteiger partial charge in [-0.25, -0.2) is 13.6 Å². The van der Waals surface area contributed by atoms with Crippen LogP contribution in [0.2, 0.25) is 0 Å². The Hall–Kier alpha value is -1.93. The molecule has 5 nitrogen and oxygen atoms in total. The molecule has 1 N–H and O–H groups in total. The molecule has 0 fully saturated rings. The van der Waals surface area contributed by atoms with E-state index in [1.807, 2.05) is 0 Å². The van der Waals surface area contributed by atoms with Crippen molar-refractivity contribution in [1.29, 1.82) is 0 Å². The van der Waals surface area contributed by atoms with Crippen molar-refractivity contribution in [3.8, 4) is 0 Å². The molecule has 28 heavy (non-hydrogen) atoms. The first-order valence-corrected chi connectivity index (χ1v) is 10.4. The summed E-state index contributed by atoms with van der Waals surface area (Å²) in [6, 6.07) is 1.71. The zero-order valence-electron chi connectivity index (χ0n) is 15.7. The smallest absolute Gasteiger partial charge is 0.344 e. The summed E-state index contributed by atoms with van der Waals surface area (Å²) in [5.41, 5.74) is -0.708. The van der Waals surface area contributed by atoms with Crippen LogP contribution in [-0.4, -0.2) is 28.9 Å². The first-order chi connectivity index (χ1) is 13.5. The summed E-state index contributed by atoms with van der Waals surface area (Å²) in [6.07, 6.45) is 6.19. The minimum absolute atomic E-state index is 0.104. The molecule has 3 rings (SSSR count). The Morgan fingerprint density at radius 3 is 2.57 bits per heavy atom. The molecule has 2 aromatic rings. The molecule has 0 spiro atoms. The Morgan fingerprint density at radius 2 is 1.86 bits per heavy atom. The highest BCUT2D eigenvalue weighted by atomic mass is 32.2. The number of pyridine rings is 1. The third-order valence-electron chi connectivity index (χ3n) is 4.83. The summed E-state index contributed by atoms with van der Waals surface area (Å²) >= 11 is 1.14. The standard InChI is InChI=1S/C20H23F2NO4S/c1-2-3-4-5-6-7-8-27-20(26)17-18(25)12-9-13(21)14(22)10-15(12)23-16(11-24)28-19(17)23/h9-10,16,24H,2-8,11H2,1H3. The number of hydrogen-bond acceptors (Lipinski definition) is 5. The van der Waals surface area contributed by atoms with E-state index in [9.17, 15) is 23.5 Å². The third-order valence-corrected chi connectivity index (χ3v) is 6.09. The monoisotopic (exact) mass is 411 g/mol. The zero-order valence-corrected chi connectivity index (χ0v) is 16.5. The van der Waals surface area contributed by atoms with Gasteiger partial charge >= 0.3 is 5.97 Å². The van der Waals surface area contributed by atoms with Crippen molar-refractivity contribution < 1.29 is 23.4 Å². The highest BCUT2D eigenvalue weighted by Crippen LogP contribution is 2.46. The third kappa shape index (κ3) is 3.93. The number of fused-ring (bicyclic) bond motifs is 3. The van der Waals surface area contributed by atoms with Gasteiger partial charge < -0.3 is 14.4 Å². The summed E-state index contributed by atoms with van der Waals surface area (Å²) in [7, 11) is 0. The van der Waals surface area contributed by atoms with Crippen LogP contribution in [0.4, 0.5) is 8.78 Å². The molecule has 1 aromatic carbocycles. The minimum Gasteiger partial charge on any atom is -0.462 e. The van der Waals surface area contributed by atoms with Crippen molar-refractivity contribution in [3.63, 3.8) is 0 Å². The van der Waals surface area contributed by atoms with Crippen LogP contribution >= 0.6 is 11.8 Å². The molecular formula is C20H23F2NO4S. The molecule has 1 aliphatic rings. The summed E-state index contributed by atoms with van der Waals surface area (Å²) in [6.45, 7) is 2.08. The Balaban J connectivity index is 1.83. The number of carbonyl (C=O) groups excluding carboxylic acids is 1. The Morgan fingerprint density at radius 1 is 1.18 bits per heavy atom. The quantitative estimate of drug-likeness (QED) is 0.490. The Bertz CT molecular complexity index is 944. The number of hydrogen-bond donors (Lipinski definition) is 1. The van der Waals surface area contributed by atoms with Crippen molar-refractivity contribution in [3.05, 3.63) is 39.6 Å². The summed E-state index contributed by atoms with van der Waals surface area (Å²) in [5, 5.41) is 9.22. The van der Waals surface area contributed by atoms with Crippen LogP contribution in [0.3, 0.4) is 0 Å². The number of benzene rings is 1. The highest BCUT2D eigenvalue weighted by molar-refractivity contribution is 8.00. The van der Waals surface area contributed by atoms with Crippen LogP contribution in [0.5, 0.6) is 0 Å². The molecule has 0 radical (unpaired) electrons. The number of esters is 1. The fourth-order valence-electron chi connectivity index (χ4n) is 3.33. The zero-order chi connectivity index (χ0) is 20.3. The topological polar surface area (TPSA) is 68.5 Å². The number of halogens is 2. The van der Waals surface area contributed by atoms with E-state index in [4.69, 9.17) is 4.74 Å². The average molecular weight is 411 g/mol. The second kappa shape index (κ2) is 9.05. The summed E-state index contributed by atoms with van der Waals surface area (Å²) in [5.74, 6) is -3.02. The molecule has 2 heterocycles.